The molecule has 72 heavy (non-hydrogen) atoms. The van der Waals surface area contributed by atoms with Gasteiger partial charge in [-0.3, -0.25) is 14.4 Å². The first-order valence-electron chi connectivity index (χ1n) is 24.6. The highest BCUT2D eigenvalue weighted by Crippen LogP contribution is 2.30. The Hall–Kier alpha value is -6.35. The maximum Gasteiger partial charge on any atom is 0.408 e. The van der Waals surface area contributed by atoms with E-state index in [0.29, 0.717) is 12.8 Å². The molecule has 4 heterocycles. The number of rotatable bonds is 23. The fourth-order valence-corrected chi connectivity index (χ4v) is 8.08. The van der Waals surface area contributed by atoms with Gasteiger partial charge < -0.3 is 53.5 Å². The summed E-state index contributed by atoms with van der Waals surface area (Å²) >= 11 is 0. The number of aliphatic imine (C=N–C) groups is 1. The first kappa shape index (κ1) is 56.6. The molecule has 8 atom stereocenters. The van der Waals surface area contributed by atoms with Crippen LogP contribution in [0.15, 0.2) is 67.4 Å². The molecule has 394 valence electrons. The van der Waals surface area contributed by atoms with Crippen LogP contribution >= 0.6 is 0 Å². The first-order valence-corrected chi connectivity index (χ1v) is 28.3. The zero-order valence-corrected chi connectivity index (χ0v) is 45.2. The van der Waals surface area contributed by atoms with Gasteiger partial charge in [0.1, 0.15) is 55.2 Å². The molecule has 3 aromatic heterocycles. The second-order valence-electron chi connectivity index (χ2n) is 21.4. The molecule has 4 aromatic rings. The van der Waals surface area contributed by atoms with Crippen LogP contribution < -0.4 is 21.3 Å². The lowest BCUT2D eigenvalue weighted by Gasteiger charge is -2.31. The molecule has 1 aliphatic heterocycles. The van der Waals surface area contributed by atoms with Gasteiger partial charge in [0.25, 0.3) is 5.91 Å². The van der Waals surface area contributed by atoms with Crippen LogP contribution in [-0.4, -0.2) is 107 Å². The molecule has 4 N–H and O–H groups in total. The molecule has 0 spiro atoms. The Labute approximate surface area is 423 Å². The lowest BCUT2D eigenvalue weighted by molar-refractivity contribution is -0.148. The lowest BCUT2D eigenvalue weighted by Crippen LogP contribution is -2.57. The average molecular weight is 1020 g/mol. The molecule has 0 aliphatic carbocycles. The molecule has 20 nitrogen and oxygen atoms in total. The number of aromatic nitrogens is 3. The number of oxazole rings is 3. The van der Waals surface area contributed by atoms with Gasteiger partial charge in [-0.1, -0.05) is 90.5 Å². The normalized spacial score (nSPS) is 17.0. The zero-order chi connectivity index (χ0) is 53.1. The number of ether oxygens (including phenoxy) is 4. The highest BCUT2D eigenvalue weighted by atomic mass is 28.3. The maximum atomic E-state index is 14.1. The van der Waals surface area contributed by atoms with Crippen molar-refractivity contribution in [1.82, 2.24) is 36.2 Å². The van der Waals surface area contributed by atoms with E-state index in [-0.39, 0.29) is 72.1 Å². The molecule has 0 radical (unpaired) electrons. The number of carbonyl (C=O) groups excluding carboxylic acids is 5. The third-order valence-electron chi connectivity index (χ3n) is 11.7. The average Bonchev–Trinajstić information content (AvgIpc) is 4.14. The minimum atomic E-state index is -1.52. The highest BCUT2D eigenvalue weighted by molar-refractivity contribution is 6.76. The van der Waals surface area contributed by atoms with Gasteiger partial charge in [0.2, 0.25) is 35.4 Å². The van der Waals surface area contributed by atoms with E-state index in [0.717, 1.165) is 17.9 Å². The Bertz CT molecular complexity index is 2480. The minimum Gasteiger partial charge on any atom is -0.473 e. The van der Waals surface area contributed by atoms with Gasteiger partial charge in [-0.15, -0.1) is 0 Å². The number of nitrogens with zero attached hydrogens (tertiary/aromatic N) is 4. The van der Waals surface area contributed by atoms with E-state index in [4.69, 9.17) is 32.2 Å². The molecule has 1 aromatic carbocycles. The third-order valence-corrected chi connectivity index (χ3v) is 13.4. The van der Waals surface area contributed by atoms with E-state index in [9.17, 15) is 24.0 Å². The minimum absolute atomic E-state index is 0.00223. The summed E-state index contributed by atoms with van der Waals surface area (Å²) in [5, 5.41) is 11.3. The topological polar surface area (TPSA) is 261 Å². The van der Waals surface area contributed by atoms with Gasteiger partial charge in [0.05, 0.1) is 18.3 Å². The van der Waals surface area contributed by atoms with Crippen molar-refractivity contribution < 1.29 is 56.2 Å². The van der Waals surface area contributed by atoms with E-state index in [2.05, 4.69) is 60.9 Å². The standard InChI is InChI=1S/C51H74N8O12Si/c1-15-29(3)38(59-49(64)71-51(9,10)11)42(61)57-39(30(4)16-2)47-56-37(28-69-47)46-55-36(27-68-46)45-54-35(26-67-45)44-53-34(25-66-44)41(60)58-40(31(5)70-50(6,7)8)43(62)52-33(24-32-20-18-17-19-21-32)48(63)65-22-23-72(12,13)14/h17-21,25,27-31,33,35,38-40H,15-16,22-24,26H2,1-14H3,(H,52,62)(H,57,61)(H,58,60)(H,59,64)/t29-,30-,31-,33-,35?,38-,39-,40-/m0/s1. The zero-order valence-electron chi connectivity index (χ0n) is 44.2. The fourth-order valence-electron chi connectivity index (χ4n) is 7.37. The van der Waals surface area contributed by atoms with Gasteiger partial charge >= 0.3 is 12.1 Å². The van der Waals surface area contributed by atoms with Crippen LogP contribution in [0.25, 0.3) is 11.6 Å². The van der Waals surface area contributed by atoms with E-state index in [1.54, 1.807) is 27.7 Å². The van der Waals surface area contributed by atoms with Crippen LogP contribution in [0.2, 0.25) is 25.7 Å². The summed E-state index contributed by atoms with van der Waals surface area (Å²) in [5.41, 5.74) is -0.265. The van der Waals surface area contributed by atoms with Crippen molar-refractivity contribution in [3.05, 3.63) is 77.9 Å². The second-order valence-corrected chi connectivity index (χ2v) is 27.1. The van der Waals surface area contributed by atoms with Crippen molar-refractivity contribution in [2.75, 3.05) is 13.2 Å². The Morgan fingerprint density at radius 3 is 2.07 bits per heavy atom. The van der Waals surface area contributed by atoms with Crippen molar-refractivity contribution in [2.45, 2.75) is 169 Å². The molecule has 0 bridgehead atoms. The molecule has 1 aliphatic rings. The smallest absolute Gasteiger partial charge is 0.408 e. The van der Waals surface area contributed by atoms with Crippen molar-refractivity contribution in [3.8, 4) is 11.6 Å². The van der Waals surface area contributed by atoms with Crippen LogP contribution in [0.5, 0.6) is 0 Å². The summed E-state index contributed by atoms with van der Waals surface area (Å²) in [7, 11) is -1.52. The summed E-state index contributed by atoms with van der Waals surface area (Å²) in [6.45, 7) is 26.9. The van der Waals surface area contributed by atoms with Crippen LogP contribution in [0.3, 0.4) is 0 Å². The Kier molecular flexibility index (Phi) is 19.1. The maximum absolute atomic E-state index is 14.1. The van der Waals surface area contributed by atoms with E-state index in [1.165, 1.54) is 12.5 Å². The highest BCUT2D eigenvalue weighted by Gasteiger charge is 2.37. The predicted molar refractivity (Wildman–Crippen MR) is 269 cm³/mol. The Morgan fingerprint density at radius 2 is 1.43 bits per heavy atom. The number of benzene rings is 1. The summed E-state index contributed by atoms with van der Waals surface area (Å²) in [6.07, 6.45) is 3.79. The number of alkyl carbamates (subject to hydrolysis) is 1. The SMILES string of the molecule is CC[C@H](C)[C@H](NC(=O)OC(C)(C)C)C(=O)N[C@H](c1nc(-c2nc(C3=NC(c4nc(C(=O)N[C@H](C(=O)N[C@@H](Cc5ccccc5)C(=O)OCC[Si](C)(C)C)[C@H](C)OC(C)(C)C)co4)CO3)co2)co1)[C@@H](C)CC. The molecular weight excluding hydrogens is 945 g/mol. The first-order chi connectivity index (χ1) is 33.7. The summed E-state index contributed by atoms with van der Waals surface area (Å²) in [5.74, 6) is -2.19. The lowest BCUT2D eigenvalue weighted by atomic mass is 9.95. The molecular formula is C51H74N8O12Si. The second kappa shape index (κ2) is 24.4. The number of amides is 4. The summed E-state index contributed by atoms with van der Waals surface area (Å²) < 4.78 is 40.5. The quantitative estimate of drug-likeness (QED) is 0.0407. The van der Waals surface area contributed by atoms with Gasteiger partial charge in [0, 0.05) is 14.5 Å². The van der Waals surface area contributed by atoms with Crippen molar-refractivity contribution in [3.63, 3.8) is 0 Å². The van der Waals surface area contributed by atoms with E-state index < -0.39 is 85.4 Å². The van der Waals surface area contributed by atoms with E-state index >= 15 is 0 Å². The molecule has 4 amide bonds. The monoisotopic (exact) mass is 1020 g/mol. The van der Waals surface area contributed by atoms with Crippen molar-refractivity contribution in [2.24, 2.45) is 16.8 Å². The van der Waals surface area contributed by atoms with Gasteiger partial charge in [-0.2, -0.15) is 0 Å². The molecule has 21 heteroatoms. The Morgan fingerprint density at radius 1 is 0.764 bits per heavy atom. The predicted octanol–water partition coefficient (Wildman–Crippen LogP) is 7.89. The summed E-state index contributed by atoms with van der Waals surface area (Å²) in [6, 6.07) is 5.42. The van der Waals surface area contributed by atoms with Crippen LogP contribution in [0.1, 0.15) is 135 Å². The van der Waals surface area contributed by atoms with Crippen LogP contribution in [0.4, 0.5) is 4.79 Å². The number of hydrogen-bond donors (Lipinski definition) is 4. The van der Waals surface area contributed by atoms with Crippen molar-refractivity contribution >= 4 is 43.8 Å². The fraction of sp³-hybridized carbons (Fsp3) is 0.588. The number of esters is 1. The van der Waals surface area contributed by atoms with Crippen LogP contribution in [0, 0.1) is 11.8 Å². The molecule has 0 saturated heterocycles. The summed E-state index contributed by atoms with van der Waals surface area (Å²) in [4.78, 5) is 86.1. The number of carbonyl (C=O) groups is 5. The largest absolute Gasteiger partial charge is 0.473 e. The molecule has 1 unspecified atom stereocenters. The molecule has 0 fully saturated rings. The number of hydrogen-bond acceptors (Lipinski definition) is 16. The Balaban J connectivity index is 1.28. The third kappa shape index (κ3) is 16.6. The van der Waals surface area contributed by atoms with Gasteiger partial charge in [0.15, 0.2) is 23.1 Å². The van der Waals surface area contributed by atoms with E-state index in [1.807, 2.05) is 78.8 Å². The van der Waals surface area contributed by atoms with Crippen LogP contribution in [-0.2, 0) is 39.8 Å². The van der Waals surface area contributed by atoms with Gasteiger partial charge in [-0.05, 0) is 71.9 Å². The molecule has 5 rings (SSSR count). The van der Waals surface area contributed by atoms with Gasteiger partial charge in [-0.25, -0.2) is 29.5 Å². The molecule has 0 saturated carbocycles. The van der Waals surface area contributed by atoms with Crippen molar-refractivity contribution in [1.29, 1.82) is 0 Å². The number of nitrogens with one attached hydrogen (secondary N) is 4.